The summed E-state index contributed by atoms with van der Waals surface area (Å²) in [4.78, 5) is 105. The number of amides is 7. The third kappa shape index (κ3) is 11.7. The number of carbonyl (C=O) groups excluding carboxylic acids is 7. The molecule has 7 amide bonds. The fraction of sp³-hybridized carbons (Fsp3) is 0.515. The van der Waals surface area contributed by atoms with Crippen LogP contribution in [-0.4, -0.2) is 124 Å². The van der Waals surface area contributed by atoms with E-state index in [-0.39, 0.29) is 18.7 Å². The quantitative estimate of drug-likeness (QED) is 0.0718. The van der Waals surface area contributed by atoms with Gasteiger partial charge in [-0.05, 0) is 37.3 Å². The van der Waals surface area contributed by atoms with Gasteiger partial charge in [0.2, 0.25) is 41.4 Å². The predicted molar refractivity (Wildman–Crippen MR) is 192 cm³/mol. The molecule has 1 fully saturated rings. The molecule has 1 saturated heterocycles. The van der Waals surface area contributed by atoms with Crippen molar-refractivity contribution in [2.24, 2.45) is 11.7 Å². The van der Waals surface area contributed by atoms with Gasteiger partial charge in [0.1, 0.15) is 24.2 Å². The van der Waals surface area contributed by atoms with E-state index < -0.39 is 103 Å². The van der Waals surface area contributed by atoms with E-state index >= 15 is 0 Å². The molecule has 2 heterocycles. The molecule has 2 aromatic rings. The van der Waals surface area contributed by atoms with Crippen LogP contribution in [0.3, 0.4) is 0 Å². The smallest absolute Gasteiger partial charge is 0.326 e. The van der Waals surface area contributed by atoms with Crippen molar-refractivity contribution in [1.29, 1.82) is 0 Å². The number of aromatic nitrogens is 1. The van der Waals surface area contributed by atoms with Crippen LogP contribution in [0.2, 0.25) is 0 Å². The van der Waals surface area contributed by atoms with Gasteiger partial charge in [-0.1, -0.05) is 32.0 Å². The van der Waals surface area contributed by atoms with Crippen LogP contribution >= 0.6 is 12.6 Å². The maximum absolute atomic E-state index is 13.4. The van der Waals surface area contributed by atoms with Gasteiger partial charge in [-0.2, -0.15) is 12.6 Å². The number of fused-ring (bicyclic) bond motifs is 1. The number of H-pyrrole nitrogens is 1. The highest BCUT2D eigenvalue weighted by atomic mass is 32.1. The number of nitrogens with two attached hydrogens (primary N) is 1. The van der Waals surface area contributed by atoms with Gasteiger partial charge < -0.3 is 52.6 Å². The van der Waals surface area contributed by atoms with Crippen molar-refractivity contribution in [3.05, 3.63) is 36.0 Å². The molecule has 1 aromatic heterocycles. The normalized spacial score (nSPS) is 16.3. The third-order valence-electron chi connectivity index (χ3n) is 8.39. The number of likely N-dealkylation sites (tertiary alicyclic amines) is 1. The number of aromatic amines is 1. The van der Waals surface area contributed by atoms with Crippen LogP contribution < -0.4 is 37.6 Å². The number of carbonyl (C=O) groups is 8. The van der Waals surface area contributed by atoms with Gasteiger partial charge in [0.05, 0.1) is 25.7 Å². The van der Waals surface area contributed by atoms with E-state index in [0.717, 1.165) is 10.9 Å². The first-order valence-electron chi connectivity index (χ1n) is 16.8. The van der Waals surface area contributed by atoms with Gasteiger partial charge in [-0.15, -0.1) is 0 Å². The molecule has 10 N–H and O–H groups in total. The number of para-hydroxylation sites is 1. The summed E-state index contributed by atoms with van der Waals surface area (Å²) in [7, 11) is 0. The Morgan fingerprint density at radius 3 is 2.23 bits per heavy atom. The Balaban J connectivity index is 1.48. The van der Waals surface area contributed by atoms with E-state index in [2.05, 4.69) is 49.5 Å². The number of hydrogen-bond donors (Lipinski definition) is 10. The molecule has 0 aliphatic carbocycles. The number of rotatable bonds is 18. The zero-order chi connectivity index (χ0) is 38.5. The minimum atomic E-state index is -1.25. The summed E-state index contributed by atoms with van der Waals surface area (Å²) in [5.41, 5.74) is 7.05. The minimum absolute atomic E-state index is 0.0134. The number of aliphatic carboxylic acids is 1. The summed E-state index contributed by atoms with van der Waals surface area (Å²) >= 11 is 3.91. The third-order valence-corrected chi connectivity index (χ3v) is 8.78. The molecule has 19 heteroatoms. The molecule has 1 aromatic carbocycles. The molecule has 1 aliphatic rings. The van der Waals surface area contributed by atoms with Crippen molar-refractivity contribution in [2.75, 3.05) is 31.9 Å². The first-order valence-corrected chi connectivity index (χ1v) is 17.4. The maximum Gasteiger partial charge on any atom is 0.326 e. The van der Waals surface area contributed by atoms with Crippen LogP contribution in [0.1, 0.15) is 39.2 Å². The largest absolute Gasteiger partial charge is 0.480 e. The number of benzene rings is 1. The number of carboxylic acid groups (broad SMARTS) is 1. The van der Waals surface area contributed by atoms with Crippen LogP contribution in [0.5, 0.6) is 0 Å². The molecule has 0 bridgehead atoms. The van der Waals surface area contributed by atoms with Crippen molar-refractivity contribution in [1.82, 2.24) is 41.8 Å². The number of nitrogens with one attached hydrogen (secondary N) is 7. The lowest BCUT2D eigenvalue weighted by Crippen LogP contribution is -2.57. The number of nitrogens with zero attached hydrogens (tertiary/aromatic N) is 1. The summed E-state index contributed by atoms with van der Waals surface area (Å²) in [5.74, 6) is -6.05. The molecule has 5 atom stereocenters. The Bertz CT molecular complexity index is 1650. The monoisotopic (exact) mass is 745 g/mol. The maximum atomic E-state index is 13.4. The SMILES string of the molecule is CC(C)[C@H](NC(=O)CNC(=O)CNC(=O)[C@@H](N)CS)C(=O)N[C@@H](C)C(=O)N1CCC[C@H]1C(=O)NCC(=O)N[C@@H](Cc1c[nH]c2ccccc12)C(=O)O. The number of carboxylic acids is 1. The van der Waals surface area contributed by atoms with E-state index in [1.54, 1.807) is 20.0 Å². The minimum Gasteiger partial charge on any atom is -0.480 e. The molecule has 18 nitrogen and oxygen atoms in total. The second kappa shape index (κ2) is 19.4. The first kappa shape index (κ1) is 41.3. The summed E-state index contributed by atoms with van der Waals surface area (Å²) in [6.45, 7) is 3.59. The summed E-state index contributed by atoms with van der Waals surface area (Å²) in [6.07, 6.45) is 2.49. The molecule has 0 unspecified atom stereocenters. The molecular formula is C33H47N9O9S. The van der Waals surface area contributed by atoms with E-state index in [1.807, 2.05) is 24.3 Å². The summed E-state index contributed by atoms with van der Waals surface area (Å²) < 4.78 is 0. The Labute approximate surface area is 305 Å². The average Bonchev–Trinajstić information content (AvgIpc) is 3.77. The van der Waals surface area contributed by atoms with Crippen molar-refractivity contribution < 1.29 is 43.5 Å². The average molecular weight is 746 g/mol. The van der Waals surface area contributed by atoms with Crippen molar-refractivity contribution >= 4 is 70.9 Å². The van der Waals surface area contributed by atoms with Gasteiger partial charge in [-0.25, -0.2) is 4.79 Å². The molecule has 284 valence electrons. The Hall–Kier alpha value is -5.17. The van der Waals surface area contributed by atoms with Gasteiger partial charge in [0.15, 0.2) is 0 Å². The molecule has 0 saturated carbocycles. The highest BCUT2D eigenvalue weighted by molar-refractivity contribution is 7.80. The molecule has 3 rings (SSSR count). The van der Waals surface area contributed by atoms with Gasteiger partial charge in [0.25, 0.3) is 0 Å². The van der Waals surface area contributed by atoms with E-state index in [0.29, 0.717) is 18.4 Å². The summed E-state index contributed by atoms with van der Waals surface area (Å²) in [5, 5.41) is 25.2. The highest BCUT2D eigenvalue weighted by Crippen LogP contribution is 2.20. The van der Waals surface area contributed by atoms with Crippen LogP contribution in [0.4, 0.5) is 0 Å². The zero-order valence-electron chi connectivity index (χ0n) is 29.2. The van der Waals surface area contributed by atoms with Crippen LogP contribution in [0, 0.1) is 5.92 Å². The Morgan fingerprint density at radius 2 is 1.56 bits per heavy atom. The first-order chi connectivity index (χ1) is 24.6. The van der Waals surface area contributed by atoms with E-state index in [9.17, 15) is 43.5 Å². The van der Waals surface area contributed by atoms with E-state index in [1.165, 1.54) is 11.8 Å². The van der Waals surface area contributed by atoms with Crippen molar-refractivity contribution in [3.8, 4) is 0 Å². The van der Waals surface area contributed by atoms with Gasteiger partial charge >= 0.3 is 5.97 Å². The van der Waals surface area contributed by atoms with Crippen molar-refractivity contribution in [2.45, 2.75) is 70.2 Å². The van der Waals surface area contributed by atoms with Gasteiger partial charge in [-0.3, -0.25) is 33.6 Å². The van der Waals surface area contributed by atoms with E-state index in [4.69, 9.17) is 5.73 Å². The second-order valence-corrected chi connectivity index (χ2v) is 13.1. The Kier molecular flexibility index (Phi) is 15.4. The predicted octanol–water partition coefficient (Wildman–Crippen LogP) is -2.48. The number of thiol groups is 1. The fourth-order valence-electron chi connectivity index (χ4n) is 5.55. The lowest BCUT2D eigenvalue weighted by atomic mass is 10.0. The Morgan fingerprint density at radius 1 is 0.904 bits per heavy atom. The lowest BCUT2D eigenvalue weighted by molar-refractivity contribution is -0.142. The van der Waals surface area contributed by atoms with Crippen LogP contribution in [0.25, 0.3) is 10.9 Å². The fourth-order valence-corrected chi connectivity index (χ4v) is 5.72. The zero-order valence-corrected chi connectivity index (χ0v) is 30.1. The second-order valence-electron chi connectivity index (χ2n) is 12.7. The molecule has 0 radical (unpaired) electrons. The standard InChI is InChI=1S/C33H47N9O9S/c1-17(2)28(41-27(45)14-36-25(43)13-37-29(46)21(34)16-52)31(48)39-18(3)32(49)42-10-6-9-24(42)30(47)38-15-26(44)40-23(33(50)51)11-19-12-35-22-8-5-4-7-20(19)22/h4-5,7-8,12,17-18,21,23-24,28,35,52H,6,9-11,13-16,34H2,1-3H3,(H,36,43)(H,37,46)(H,38,47)(H,39,48)(H,40,44)(H,41,45)(H,50,51)/t18-,21-,23-,24-,28-/m0/s1. The van der Waals surface area contributed by atoms with Gasteiger partial charge in [0, 0.05) is 35.8 Å². The molecular weight excluding hydrogens is 698 g/mol. The number of hydrogen-bond acceptors (Lipinski definition) is 10. The topological polar surface area (TPSA) is 274 Å². The summed E-state index contributed by atoms with van der Waals surface area (Å²) in [6, 6.07) is 2.11. The van der Waals surface area contributed by atoms with Crippen molar-refractivity contribution in [3.63, 3.8) is 0 Å². The van der Waals surface area contributed by atoms with Crippen LogP contribution in [-0.2, 0) is 44.8 Å². The molecule has 1 aliphatic heterocycles. The lowest BCUT2D eigenvalue weighted by Gasteiger charge is -2.29. The highest BCUT2D eigenvalue weighted by Gasteiger charge is 2.37. The molecule has 52 heavy (non-hydrogen) atoms. The van der Waals surface area contributed by atoms with Crippen LogP contribution in [0.15, 0.2) is 30.5 Å². The molecule has 0 spiro atoms.